The number of rotatable bonds is 19. The number of carbonyl (C=O) groups is 8. The van der Waals surface area contributed by atoms with Crippen molar-refractivity contribution in [1.82, 2.24) is 69.8 Å². The lowest BCUT2D eigenvalue weighted by Gasteiger charge is -2.34. The molecule has 592 valence electrons. The molecule has 14 rings (SSSR count). The molecule has 4 aromatic heterocycles. The van der Waals surface area contributed by atoms with Gasteiger partial charge in [-0.05, 0) is 220 Å². The van der Waals surface area contributed by atoms with Gasteiger partial charge in [-0.25, -0.2) is 0 Å². The normalized spacial score (nSPS) is 18.7. The number of esters is 1. The Balaban J connectivity index is 0.000000159. The molecule has 6 aliphatic rings. The topological polar surface area (TPSA) is 271 Å². The molecule has 0 aliphatic carbocycles. The molecule has 6 amide bonds. The maximum Gasteiger partial charge on any atom is 0.307 e. The van der Waals surface area contributed by atoms with Gasteiger partial charge >= 0.3 is 11.9 Å². The highest BCUT2D eigenvalue weighted by atomic mass is 127. The van der Waals surface area contributed by atoms with Gasteiger partial charge in [0, 0.05) is 159 Å². The van der Waals surface area contributed by atoms with Crippen LogP contribution in [0.2, 0.25) is 20.1 Å². The fraction of sp³-hybridized carbons (Fsp3) is 0.392. The van der Waals surface area contributed by atoms with E-state index in [0.717, 1.165) is 125 Å². The van der Waals surface area contributed by atoms with E-state index in [-0.39, 0.29) is 97.9 Å². The van der Waals surface area contributed by atoms with Crippen LogP contribution in [-0.2, 0) is 23.9 Å². The molecule has 32 heteroatoms. The number of nitrogens with zero attached hydrogens (tertiary/aromatic N) is 8. The number of benzene rings is 4. The van der Waals surface area contributed by atoms with Crippen molar-refractivity contribution in [3.8, 4) is 44.5 Å². The number of carboxylic acids is 1. The van der Waals surface area contributed by atoms with Gasteiger partial charge in [-0.15, -0.1) is 0 Å². The molecule has 4 aromatic carbocycles. The van der Waals surface area contributed by atoms with Gasteiger partial charge in [-0.1, -0.05) is 102 Å². The zero-order valence-corrected chi connectivity index (χ0v) is 72.8. The number of piperazine rings is 2. The molecule has 2 fully saturated rings. The number of likely N-dealkylation sites (N-methyl/N-ethyl adjacent to an activating group) is 2. The van der Waals surface area contributed by atoms with E-state index in [9.17, 15) is 38.4 Å². The third kappa shape index (κ3) is 22.0. The first-order valence-electron chi connectivity index (χ1n) is 36.2. The SMILES string of the molecule is C.CCOC(=O)CC1CNC(=O)c2cc(-c3cccc(Cl)c3)c(I)n21.C[C@@H](CN1CCN(C)CC1)NC(=O)C[C@@H]1CNC(=O)c2cc(-c3cccc(Cl)c3)c(I)n21.C[C@@H](CN1CCN(C)CC1)NC(=O)C[C@H]1CNC(=O)c2cc(-c3cccc(Cl)c3)c(I)n21.O=C(O)CC1CNC(=O)c2cc(-c3cccc(Cl)c3)c(I)n21. The van der Waals surface area contributed by atoms with Crippen LogP contribution in [0.1, 0.15) is 120 Å². The molecule has 0 bridgehead atoms. The fourth-order valence-electron chi connectivity index (χ4n) is 14.4. The summed E-state index contributed by atoms with van der Waals surface area (Å²) in [4.78, 5) is 107. The Labute approximate surface area is 721 Å². The number of amides is 6. The number of aromatic nitrogens is 4. The third-order valence-corrected chi connectivity index (χ3v) is 25.2. The number of ether oxygens (including phenoxy) is 1. The van der Waals surface area contributed by atoms with Gasteiger partial charge in [-0.2, -0.15) is 0 Å². The van der Waals surface area contributed by atoms with Gasteiger partial charge in [0.25, 0.3) is 23.6 Å². The Morgan fingerprint density at radius 1 is 0.450 bits per heavy atom. The molecule has 2 saturated heterocycles. The number of carboxylic acid groups (broad SMARTS) is 1. The minimum atomic E-state index is -0.888. The summed E-state index contributed by atoms with van der Waals surface area (Å²) >= 11 is 33.4. The third-order valence-electron chi connectivity index (χ3n) is 19.9. The molecule has 0 radical (unpaired) electrons. The lowest BCUT2D eigenvalue weighted by molar-refractivity contribution is -0.144. The zero-order chi connectivity index (χ0) is 78.8. The monoisotopic (exact) mass is 2040 g/mol. The highest BCUT2D eigenvalue weighted by molar-refractivity contribution is 14.1. The first-order chi connectivity index (χ1) is 52.6. The first-order valence-corrected chi connectivity index (χ1v) is 42.0. The second-order valence-corrected chi connectivity index (χ2v) is 33.9. The van der Waals surface area contributed by atoms with Crippen LogP contribution < -0.4 is 31.9 Å². The number of fused-ring (bicyclic) bond motifs is 4. The van der Waals surface area contributed by atoms with E-state index in [1.165, 1.54) is 0 Å². The second-order valence-electron chi connectivity index (χ2n) is 28.1. The lowest BCUT2D eigenvalue weighted by atomic mass is 10.1. The molecule has 6 atom stereocenters. The van der Waals surface area contributed by atoms with Crippen LogP contribution in [0.4, 0.5) is 0 Å². The summed E-state index contributed by atoms with van der Waals surface area (Å²) < 4.78 is 16.4. The largest absolute Gasteiger partial charge is 0.481 e. The van der Waals surface area contributed by atoms with Crippen LogP contribution in [-0.4, -0.2) is 215 Å². The molecular formula is C79H90Cl4I4N14O10. The molecular weight excluding hydrogens is 1950 g/mol. The average Bonchev–Trinajstić information content (AvgIpc) is 1.64. The Morgan fingerprint density at radius 2 is 0.721 bits per heavy atom. The van der Waals surface area contributed by atoms with E-state index in [1.807, 2.05) is 127 Å². The maximum absolute atomic E-state index is 12.9. The first kappa shape index (κ1) is 87.1. The summed E-state index contributed by atoms with van der Waals surface area (Å²) in [6, 6.07) is 37.0. The Hall–Kier alpha value is -6.32. The highest BCUT2D eigenvalue weighted by Gasteiger charge is 2.36. The van der Waals surface area contributed by atoms with Crippen molar-refractivity contribution >= 4 is 184 Å². The average molecular weight is 2050 g/mol. The van der Waals surface area contributed by atoms with Crippen molar-refractivity contribution in [1.29, 1.82) is 0 Å². The Kier molecular flexibility index (Phi) is 31.2. The predicted molar refractivity (Wildman–Crippen MR) is 468 cm³/mol. The van der Waals surface area contributed by atoms with Gasteiger partial charge in [0.2, 0.25) is 11.8 Å². The van der Waals surface area contributed by atoms with Crippen molar-refractivity contribution in [3.05, 3.63) is 179 Å². The number of hydrogen-bond donors (Lipinski definition) is 7. The summed E-state index contributed by atoms with van der Waals surface area (Å²) in [5.74, 6) is -1.69. The standard InChI is InChI=1S/2C23H29ClIN5O2.C17H16ClIN2O3.C15H12ClIN2O3.CH4/c2*1-15(14-29-8-6-28(2)7-9-29)27-21(31)11-18-13-26-23(32)20-12-19(22(25)30(18)20)16-4-3-5-17(24)10-16;1-2-24-15(22)7-12-9-20-17(23)14-8-13(16(19)21(12)14)10-4-3-5-11(18)6-10;16-9-3-1-2-8(4-9)11-6-12-15(22)18-7-10(5-13(20)21)19(12)14(11)17;/h2*3-5,10,12,15,18H,6-9,11,13-14H2,1-2H3,(H,26,32)(H,27,31);3-6,8,12H,2,7,9H2,1H3,(H,20,23);1-4,6,10H,5,7H2,(H,18,22)(H,20,21);1H4/t15-,18+;15-,18-;;;/m00.../s1. The molecule has 111 heavy (non-hydrogen) atoms. The molecule has 2 unspecified atom stereocenters. The number of aliphatic carboxylic acids is 1. The minimum Gasteiger partial charge on any atom is -0.481 e. The van der Waals surface area contributed by atoms with Crippen LogP contribution in [0, 0.1) is 14.8 Å². The van der Waals surface area contributed by atoms with Gasteiger partial charge in [-0.3, -0.25) is 48.2 Å². The summed E-state index contributed by atoms with van der Waals surface area (Å²) in [6.45, 7) is 17.9. The van der Waals surface area contributed by atoms with Gasteiger partial charge in [0.1, 0.15) is 22.8 Å². The van der Waals surface area contributed by atoms with E-state index >= 15 is 0 Å². The van der Waals surface area contributed by atoms with Crippen LogP contribution in [0.3, 0.4) is 0 Å². The molecule has 0 saturated carbocycles. The van der Waals surface area contributed by atoms with Crippen molar-refractivity contribution in [2.24, 2.45) is 0 Å². The van der Waals surface area contributed by atoms with E-state index in [0.29, 0.717) is 88.5 Å². The quantitative estimate of drug-likeness (QED) is 0.0293. The van der Waals surface area contributed by atoms with Crippen molar-refractivity contribution in [2.45, 2.75) is 90.1 Å². The fourth-order valence-corrected chi connectivity index (χ4v) is 19.7. The van der Waals surface area contributed by atoms with E-state index < -0.39 is 5.97 Å². The highest BCUT2D eigenvalue weighted by Crippen LogP contribution is 2.40. The lowest BCUT2D eigenvalue weighted by Crippen LogP contribution is -2.50. The van der Waals surface area contributed by atoms with Crippen LogP contribution in [0.5, 0.6) is 0 Å². The molecule has 8 aromatic rings. The minimum absolute atomic E-state index is 0. The molecule has 7 N–H and O–H groups in total. The van der Waals surface area contributed by atoms with E-state index in [4.69, 9.17) is 56.2 Å². The van der Waals surface area contributed by atoms with Crippen LogP contribution in [0.15, 0.2) is 121 Å². The van der Waals surface area contributed by atoms with Crippen molar-refractivity contribution in [3.63, 3.8) is 0 Å². The van der Waals surface area contributed by atoms with Gasteiger partial charge in [0.05, 0.1) is 58.4 Å². The van der Waals surface area contributed by atoms with Gasteiger partial charge < -0.3 is 69.8 Å². The summed E-state index contributed by atoms with van der Waals surface area (Å²) in [6.07, 6.45) is 0.827. The smallest absolute Gasteiger partial charge is 0.307 e. The summed E-state index contributed by atoms with van der Waals surface area (Å²) in [5.41, 5.74) is 9.68. The Bertz CT molecular complexity index is 4580. The second kappa shape index (κ2) is 39.8. The summed E-state index contributed by atoms with van der Waals surface area (Å²) in [7, 11) is 4.28. The zero-order valence-electron chi connectivity index (χ0n) is 61.2. The van der Waals surface area contributed by atoms with Crippen molar-refractivity contribution in [2.75, 3.05) is 112 Å². The molecule has 24 nitrogen and oxygen atoms in total. The number of halogens is 8. The van der Waals surface area contributed by atoms with Crippen molar-refractivity contribution < 1.29 is 48.2 Å². The van der Waals surface area contributed by atoms with E-state index in [2.05, 4.69) is 170 Å². The number of hydrogen-bond acceptors (Lipinski definition) is 13. The Morgan fingerprint density at radius 3 is 0.982 bits per heavy atom. The van der Waals surface area contributed by atoms with E-state index in [1.54, 1.807) is 19.1 Å². The predicted octanol–water partition coefficient (Wildman–Crippen LogP) is 13.1. The number of nitrogens with one attached hydrogen (secondary N) is 6. The van der Waals surface area contributed by atoms with Crippen LogP contribution >= 0.6 is 137 Å². The number of carbonyl (C=O) groups excluding carboxylic acids is 7. The molecule has 6 aliphatic heterocycles. The van der Waals surface area contributed by atoms with Gasteiger partial charge in [0.15, 0.2) is 0 Å². The maximum atomic E-state index is 12.9. The van der Waals surface area contributed by atoms with Crippen LogP contribution in [0.25, 0.3) is 44.5 Å². The molecule has 10 heterocycles. The molecule has 0 spiro atoms. The summed E-state index contributed by atoms with van der Waals surface area (Å²) in [5, 5.41) is 29.4.